The summed E-state index contributed by atoms with van der Waals surface area (Å²) in [6.07, 6.45) is 1.63. The average Bonchev–Trinajstić information content (AvgIpc) is 2.78. The van der Waals surface area contributed by atoms with Gasteiger partial charge in [-0.05, 0) is 12.8 Å². The van der Waals surface area contributed by atoms with Crippen molar-refractivity contribution in [2.45, 2.75) is 38.3 Å². The Hall–Kier alpha value is -1.43. The summed E-state index contributed by atoms with van der Waals surface area (Å²) in [5.41, 5.74) is 0. The van der Waals surface area contributed by atoms with Crippen molar-refractivity contribution >= 4 is 17.7 Å². The second-order valence-electron chi connectivity index (χ2n) is 4.91. The number of likely N-dealkylation sites (tertiary alicyclic amines) is 2. The molecule has 6 heteroatoms. The number of rotatable bonds is 4. The summed E-state index contributed by atoms with van der Waals surface area (Å²) < 4.78 is 0. The Bertz CT molecular complexity index is 383. The van der Waals surface area contributed by atoms with Gasteiger partial charge in [0.15, 0.2) is 0 Å². The minimum atomic E-state index is -0.524. The molecule has 100 valence electrons. The molecule has 0 aliphatic carbocycles. The molecule has 0 aromatic heterocycles. The third kappa shape index (κ3) is 2.25. The number of hydrogen-bond acceptors (Lipinski definition) is 4. The van der Waals surface area contributed by atoms with Crippen LogP contribution < -0.4 is 5.32 Å². The molecule has 6 nitrogen and oxygen atoms in total. The fraction of sp³-hybridized carbons (Fsp3) is 0.750. The summed E-state index contributed by atoms with van der Waals surface area (Å²) in [7, 11) is 1.75. The number of carbonyl (C=O) groups is 3. The second-order valence-corrected chi connectivity index (χ2v) is 4.91. The molecule has 0 saturated carbocycles. The zero-order chi connectivity index (χ0) is 13.3. The average molecular weight is 253 g/mol. The smallest absolute Gasteiger partial charge is 0.246 e. The Kier molecular flexibility index (Phi) is 3.65. The van der Waals surface area contributed by atoms with Gasteiger partial charge in [0.05, 0.1) is 18.5 Å². The number of carbonyl (C=O) groups excluding carboxylic acids is 3. The highest BCUT2D eigenvalue weighted by Gasteiger charge is 2.41. The molecule has 0 aromatic carbocycles. The van der Waals surface area contributed by atoms with Crippen LogP contribution in [0.5, 0.6) is 0 Å². The van der Waals surface area contributed by atoms with Crippen LogP contribution in [0.1, 0.15) is 26.2 Å². The molecule has 2 unspecified atom stereocenters. The predicted molar refractivity (Wildman–Crippen MR) is 64.6 cm³/mol. The summed E-state index contributed by atoms with van der Waals surface area (Å²) in [6.45, 7) is 3.09. The lowest BCUT2D eigenvalue weighted by Crippen LogP contribution is -2.46. The summed E-state index contributed by atoms with van der Waals surface area (Å²) >= 11 is 0. The molecule has 2 atom stereocenters. The lowest BCUT2D eigenvalue weighted by molar-refractivity contribution is -0.138. The molecular formula is C12H19N3O3. The SMILES string of the molecule is CCCN1C(=O)CC(NC2CCN(C)C2=O)C1=O. The molecule has 3 amide bonds. The Morgan fingerprint density at radius 1 is 1.22 bits per heavy atom. The Labute approximate surface area is 106 Å². The maximum atomic E-state index is 12.0. The van der Waals surface area contributed by atoms with Gasteiger partial charge in [-0.3, -0.25) is 24.6 Å². The summed E-state index contributed by atoms with van der Waals surface area (Å²) in [5, 5.41) is 3.02. The van der Waals surface area contributed by atoms with Crippen LogP contribution >= 0.6 is 0 Å². The van der Waals surface area contributed by atoms with Crippen LogP contribution in [0.2, 0.25) is 0 Å². The number of nitrogens with one attached hydrogen (secondary N) is 1. The Balaban J connectivity index is 1.97. The molecule has 1 N–H and O–H groups in total. The van der Waals surface area contributed by atoms with Crippen LogP contribution in [-0.4, -0.2) is 59.7 Å². The molecular weight excluding hydrogens is 234 g/mol. The van der Waals surface area contributed by atoms with Crippen LogP contribution in [0.15, 0.2) is 0 Å². The molecule has 2 aliphatic heterocycles. The zero-order valence-corrected chi connectivity index (χ0v) is 10.8. The van der Waals surface area contributed by atoms with E-state index in [9.17, 15) is 14.4 Å². The lowest BCUT2D eigenvalue weighted by atomic mass is 10.2. The first-order chi connectivity index (χ1) is 8.54. The van der Waals surface area contributed by atoms with Gasteiger partial charge in [-0.15, -0.1) is 0 Å². The molecule has 2 aliphatic rings. The highest BCUT2D eigenvalue weighted by Crippen LogP contribution is 2.17. The van der Waals surface area contributed by atoms with Crippen molar-refractivity contribution in [2.75, 3.05) is 20.1 Å². The maximum Gasteiger partial charge on any atom is 0.246 e. The van der Waals surface area contributed by atoms with E-state index in [1.54, 1.807) is 11.9 Å². The van der Waals surface area contributed by atoms with E-state index in [1.165, 1.54) is 4.90 Å². The molecule has 18 heavy (non-hydrogen) atoms. The van der Waals surface area contributed by atoms with Crippen molar-refractivity contribution in [2.24, 2.45) is 0 Å². The van der Waals surface area contributed by atoms with Gasteiger partial charge in [0, 0.05) is 20.1 Å². The van der Waals surface area contributed by atoms with Gasteiger partial charge in [-0.2, -0.15) is 0 Å². The van der Waals surface area contributed by atoms with Gasteiger partial charge in [-0.1, -0.05) is 6.92 Å². The summed E-state index contributed by atoms with van der Waals surface area (Å²) in [4.78, 5) is 38.4. The van der Waals surface area contributed by atoms with E-state index < -0.39 is 6.04 Å². The highest BCUT2D eigenvalue weighted by molar-refractivity contribution is 6.05. The van der Waals surface area contributed by atoms with E-state index in [1.807, 2.05) is 6.92 Å². The molecule has 2 fully saturated rings. The fourth-order valence-corrected chi connectivity index (χ4v) is 2.49. The van der Waals surface area contributed by atoms with Gasteiger partial charge in [-0.25, -0.2) is 0 Å². The first kappa shape index (κ1) is 13.0. The number of imide groups is 1. The van der Waals surface area contributed by atoms with Crippen LogP contribution in [0.25, 0.3) is 0 Å². The van der Waals surface area contributed by atoms with E-state index in [0.717, 1.165) is 6.42 Å². The summed E-state index contributed by atoms with van der Waals surface area (Å²) in [5.74, 6) is -0.327. The third-order valence-corrected chi connectivity index (χ3v) is 3.52. The molecule has 0 bridgehead atoms. The maximum absolute atomic E-state index is 12.0. The van der Waals surface area contributed by atoms with Crippen molar-refractivity contribution in [1.82, 2.24) is 15.1 Å². The number of nitrogens with zero attached hydrogens (tertiary/aromatic N) is 2. The van der Waals surface area contributed by atoms with Gasteiger partial charge in [0.1, 0.15) is 0 Å². The largest absolute Gasteiger partial charge is 0.344 e. The number of hydrogen-bond donors (Lipinski definition) is 1. The van der Waals surface area contributed by atoms with Crippen molar-refractivity contribution in [3.8, 4) is 0 Å². The van der Waals surface area contributed by atoms with Crippen molar-refractivity contribution in [1.29, 1.82) is 0 Å². The minimum absolute atomic E-state index is 0.00388. The van der Waals surface area contributed by atoms with E-state index in [-0.39, 0.29) is 30.2 Å². The topological polar surface area (TPSA) is 69.7 Å². The Morgan fingerprint density at radius 3 is 2.50 bits per heavy atom. The summed E-state index contributed by atoms with van der Waals surface area (Å²) in [6, 6.07) is -0.845. The first-order valence-electron chi connectivity index (χ1n) is 6.39. The van der Waals surface area contributed by atoms with Crippen LogP contribution in [0.3, 0.4) is 0 Å². The molecule has 0 spiro atoms. The first-order valence-corrected chi connectivity index (χ1v) is 6.39. The minimum Gasteiger partial charge on any atom is -0.344 e. The van der Waals surface area contributed by atoms with Crippen molar-refractivity contribution in [3.63, 3.8) is 0 Å². The van der Waals surface area contributed by atoms with Crippen LogP contribution in [-0.2, 0) is 14.4 Å². The zero-order valence-electron chi connectivity index (χ0n) is 10.8. The molecule has 2 rings (SSSR count). The monoisotopic (exact) mass is 253 g/mol. The van der Waals surface area contributed by atoms with Crippen molar-refractivity contribution < 1.29 is 14.4 Å². The van der Waals surface area contributed by atoms with E-state index in [4.69, 9.17) is 0 Å². The second kappa shape index (κ2) is 5.06. The standard InChI is InChI=1S/C12H19N3O3/c1-3-5-15-10(16)7-9(12(15)18)13-8-4-6-14(2)11(8)17/h8-9,13H,3-7H2,1-2H3. The van der Waals surface area contributed by atoms with E-state index >= 15 is 0 Å². The normalized spacial score (nSPS) is 28.7. The quantitative estimate of drug-likeness (QED) is 0.676. The van der Waals surface area contributed by atoms with Crippen molar-refractivity contribution in [3.05, 3.63) is 0 Å². The van der Waals surface area contributed by atoms with Gasteiger partial charge >= 0.3 is 0 Å². The molecule has 0 aromatic rings. The van der Waals surface area contributed by atoms with Crippen LogP contribution in [0.4, 0.5) is 0 Å². The predicted octanol–water partition coefficient (Wildman–Crippen LogP) is -0.656. The fourth-order valence-electron chi connectivity index (χ4n) is 2.49. The third-order valence-electron chi connectivity index (χ3n) is 3.52. The van der Waals surface area contributed by atoms with Gasteiger partial charge < -0.3 is 4.90 Å². The highest BCUT2D eigenvalue weighted by atomic mass is 16.2. The molecule has 2 saturated heterocycles. The molecule has 0 radical (unpaired) electrons. The Morgan fingerprint density at radius 2 is 1.94 bits per heavy atom. The molecule has 2 heterocycles. The van der Waals surface area contributed by atoms with Gasteiger partial charge in [0.2, 0.25) is 17.7 Å². The van der Waals surface area contributed by atoms with E-state index in [0.29, 0.717) is 19.5 Å². The van der Waals surface area contributed by atoms with Gasteiger partial charge in [0.25, 0.3) is 0 Å². The van der Waals surface area contributed by atoms with Crippen LogP contribution in [0, 0.1) is 0 Å². The number of amides is 3. The van der Waals surface area contributed by atoms with E-state index in [2.05, 4.69) is 5.32 Å². The number of likely N-dealkylation sites (N-methyl/N-ethyl adjacent to an activating group) is 1. The lowest BCUT2D eigenvalue weighted by Gasteiger charge is -2.17.